The number of hydrogen-bond acceptors (Lipinski definition) is 2. The Bertz CT molecular complexity index is 532. The van der Waals surface area contributed by atoms with Crippen molar-refractivity contribution in [2.24, 2.45) is 5.92 Å². The second-order valence-electron chi connectivity index (χ2n) is 5.77. The molecule has 1 N–H and O–H groups in total. The largest absolute Gasteiger partial charge is 0.472 e. The van der Waals surface area contributed by atoms with E-state index in [0.717, 1.165) is 18.9 Å². The first-order valence-electron chi connectivity index (χ1n) is 7.68. The summed E-state index contributed by atoms with van der Waals surface area (Å²) >= 11 is 0. The van der Waals surface area contributed by atoms with E-state index in [9.17, 15) is 0 Å². The van der Waals surface area contributed by atoms with Crippen LogP contribution in [0.3, 0.4) is 0 Å². The van der Waals surface area contributed by atoms with Gasteiger partial charge >= 0.3 is 0 Å². The monoisotopic (exact) mass is 269 g/mol. The summed E-state index contributed by atoms with van der Waals surface area (Å²) in [5.41, 5.74) is 4.39. The number of hydrogen-bond donors (Lipinski definition) is 1. The Morgan fingerprint density at radius 3 is 2.85 bits per heavy atom. The third kappa shape index (κ3) is 2.96. The van der Waals surface area contributed by atoms with Gasteiger partial charge < -0.3 is 9.73 Å². The van der Waals surface area contributed by atoms with Crippen LogP contribution in [0.1, 0.15) is 30.0 Å². The molecule has 0 bridgehead atoms. The van der Waals surface area contributed by atoms with Crippen molar-refractivity contribution in [1.29, 1.82) is 0 Å². The van der Waals surface area contributed by atoms with E-state index in [1.165, 1.54) is 24.8 Å². The highest BCUT2D eigenvalue weighted by Gasteiger charge is 2.25. The van der Waals surface area contributed by atoms with Gasteiger partial charge in [0.25, 0.3) is 0 Å². The van der Waals surface area contributed by atoms with Crippen molar-refractivity contribution in [2.75, 3.05) is 6.54 Å². The quantitative estimate of drug-likeness (QED) is 0.897. The van der Waals surface area contributed by atoms with Crippen molar-refractivity contribution < 1.29 is 4.42 Å². The average molecular weight is 269 g/mol. The van der Waals surface area contributed by atoms with E-state index in [1.807, 2.05) is 6.26 Å². The zero-order valence-electron chi connectivity index (χ0n) is 12.1. The van der Waals surface area contributed by atoms with Crippen molar-refractivity contribution in [3.63, 3.8) is 0 Å². The fraction of sp³-hybridized carbons (Fsp3) is 0.444. The van der Waals surface area contributed by atoms with Crippen LogP contribution in [0.5, 0.6) is 0 Å². The number of fused-ring (bicyclic) bond motifs is 1. The predicted molar refractivity (Wildman–Crippen MR) is 81.8 cm³/mol. The number of benzene rings is 1. The van der Waals surface area contributed by atoms with Gasteiger partial charge in [0.1, 0.15) is 0 Å². The van der Waals surface area contributed by atoms with Crippen LogP contribution >= 0.6 is 0 Å². The summed E-state index contributed by atoms with van der Waals surface area (Å²) in [5, 5.41) is 3.68. The van der Waals surface area contributed by atoms with Gasteiger partial charge in [-0.2, -0.15) is 0 Å². The molecule has 20 heavy (non-hydrogen) atoms. The molecule has 2 aromatic rings. The molecule has 0 saturated carbocycles. The van der Waals surface area contributed by atoms with Crippen molar-refractivity contribution in [2.45, 2.75) is 38.6 Å². The van der Waals surface area contributed by atoms with Crippen molar-refractivity contribution >= 4 is 0 Å². The second-order valence-corrected chi connectivity index (χ2v) is 5.77. The minimum atomic E-state index is 0.547. The van der Waals surface area contributed by atoms with E-state index < -0.39 is 0 Å². The lowest BCUT2D eigenvalue weighted by molar-refractivity contribution is 0.321. The molecule has 0 amide bonds. The van der Waals surface area contributed by atoms with E-state index >= 15 is 0 Å². The number of furan rings is 1. The molecule has 0 fully saturated rings. The van der Waals surface area contributed by atoms with Gasteiger partial charge in [0, 0.05) is 6.04 Å². The Balaban J connectivity index is 1.72. The molecule has 0 spiro atoms. The van der Waals surface area contributed by atoms with Gasteiger partial charge in [-0.3, -0.25) is 0 Å². The van der Waals surface area contributed by atoms with Crippen molar-refractivity contribution in [3.05, 3.63) is 59.5 Å². The zero-order chi connectivity index (χ0) is 13.8. The van der Waals surface area contributed by atoms with Crippen LogP contribution in [0.25, 0.3) is 0 Å². The van der Waals surface area contributed by atoms with Crippen LogP contribution in [0.2, 0.25) is 0 Å². The highest BCUT2D eigenvalue weighted by atomic mass is 16.3. The van der Waals surface area contributed by atoms with Crippen LogP contribution in [-0.4, -0.2) is 12.6 Å². The minimum Gasteiger partial charge on any atom is -0.472 e. The molecule has 3 rings (SSSR count). The standard InChI is InChI=1S/C18H23NO/c1-2-19-18(11-14-9-10-20-13-14)17-8-7-15-5-3-4-6-16(15)12-17/h3-6,9-10,13,17-19H,2,7-8,11-12H2,1H3. The Kier molecular flexibility index (Phi) is 4.22. The molecular weight excluding hydrogens is 246 g/mol. The van der Waals surface area contributed by atoms with Crippen LogP contribution in [0.4, 0.5) is 0 Å². The van der Waals surface area contributed by atoms with Crippen LogP contribution < -0.4 is 5.32 Å². The van der Waals surface area contributed by atoms with Gasteiger partial charge in [0.2, 0.25) is 0 Å². The molecule has 0 saturated heterocycles. The smallest absolute Gasteiger partial charge is 0.0935 e. The van der Waals surface area contributed by atoms with Gasteiger partial charge in [0.05, 0.1) is 12.5 Å². The first kappa shape index (κ1) is 13.4. The molecule has 0 radical (unpaired) electrons. The summed E-state index contributed by atoms with van der Waals surface area (Å²) in [7, 11) is 0. The lowest BCUT2D eigenvalue weighted by atomic mass is 9.78. The van der Waals surface area contributed by atoms with E-state index in [4.69, 9.17) is 4.42 Å². The van der Waals surface area contributed by atoms with E-state index in [0.29, 0.717) is 6.04 Å². The number of likely N-dealkylation sites (N-methyl/N-ethyl adjacent to an activating group) is 1. The normalized spacial score (nSPS) is 19.6. The van der Waals surface area contributed by atoms with Crippen molar-refractivity contribution in [3.8, 4) is 0 Å². The second kappa shape index (κ2) is 6.27. The first-order chi connectivity index (χ1) is 9.86. The molecule has 1 aromatic carbocycles. The van der Waals surface area contributed by atoms with Crippen LogP contribution in [-0.2, 0) is 19.3 Å². The summed E-state index contributed by atoms with van der Waals surface area (Å²) < 4.78 is 5.21. The molecule has 2 unspecified atom stereocenters. The summed E-state index contributed by atoms with van der Waals surface area (Å²) in [6.45, 7) is 3.22. The fourth-order valence-electron chi connectivity index (χ4n) is 3.40. The van der Waals surface area contributed by atoms with Crippen molar-refractivity contribution in [1.82, 2.24) is 5.32 Å². The Morgan fingerprint density at radius 1 is 1.25 bits per heavy atom. The predicted octanol–water partition coefficient (Wildman–Crippen LogP) is 3.61. The van der Waals surface area contributed by atoms with Gasteiger partial charge in [-0.1, -0.05) is 31.2 Å². The molecule has 1 aliphatic carbocycles. The molecule has 106 valence electrons. The summed E-state index contributed by atoms with van der Waals surface area (Å²) in [5.74, 6) is 0.722. The van der Waals surface area contributed by atoms with Gasteiger partial charge in [0.15, 0.2) is 0 Å². The van der Waals surface area contributed by atoms with Gasteiger partial charge in [-0.15, -0.1) is 0 Å². The maximum absolute atomic E-state index is 5.21. The van der Waals surface area contributed by atoms with E-state index in [-0.39, 0.29) is 0 Å². The average Bonchev–Trinajstić information content (AvgIpc) is 2.99. The van der Waals surface area contributed by atoms with E-state index in [1.54, 1.807) is 17.4 Å². The summed E-state index contributed by atoms with van der Waals surface area (Å²) in [6.07, 6.45) is 8.42. The number of aryl methyl sites for hydroxylation is 1. The highest BCUT2D eigenvalue weighted by Crippen LogP contribution is 2.28. The summed E-state index contributed by atoms with van der Waals surface area (Å²) in [6, 6.07) is 11.5. The molecule has 1 aromatic heterocycles. The summed E-state index contributed by atoms with van der Waals surface area (Å²) in [4.78, 5) is 0. The Hall–Kier alpha value is -1.54. The number of nitrogens with one attached hydrogen (secondary N) is 1. The Morgan fingerprint density at radius 2 is 2.10 bits per heavy atom. The molecule has 2 nitrogen and oxygen atoms in total. The lowest BCUT2D eigenvalue weighted by Gasteiger charge is -2.32. The number of rotatable bonds is 5. The molecule has 1 aliphatic rings. The highest BCUT2D eigenvalue weighted by molar-refractivity contribution is 5.30. The van der Waals surface area contributed by atoms with Gasteiger partial charge in [-0.25, -0.2) is 0 Å². The molecule has 2 atom stereocenters. The molecule has 0 aliphatic heterocycles. The fourth-order valence-corrected chi connectivity index (χ4v) is 3.40. The Labute approximate surface area is 121 Å². The lowest BCUT2D eigenvalue weighted by Crippen LogP contribution is -2.40. The third-order valence-corrected chi connectivity index (χ3v) is 4.46. The molecule has 2 heteroatoms. The van der Waals surface area contributed by atoms with Crippen LogP contribution in [0, 0.1) is 5.92 Å². The van der Waals surface area contributed by atoms with Gasteiger partial charge in [-0.05, 0) is 60.9 Å². The first-order valence-corrected chi connectivity index (χ1v) is 7.68. The van der Waals surface area contributed by atoms with Crippen LogP contribution in [0.15, 0.2) is 47.3 Å². The third-order valence-electron chi connectivity index (χ3n) is 4.46. The maximum Gasteiger partial charge on any atom is 0.0935 e. The molecule has 1 heterocycles. The van der Waals surface area contributed by atoms with E-state index in [2.05, 4.69) is 42.6 Å². The molecular formula is C18H23NO. The topological polar surface area (TPSA) is 25.2 Å². The zero-order valence-corrected chi connectivity index (χ0v) is 12.1. The maximum atomic E-state index is 5.21. The SMILES string of the molecule is CCNC(Cc1ccoc1)C1CCc2ccccc2C1. The minimum absolute atomic E-state index is 0.547.